The summed E-state index contributed by atoms with van der Waals surface area (Å²) in [6.45, 7) is 0.732. The minimum Gasteiger partial charge on any atom is -0.504 e. The molecule has 0 radical (unpaired) electrons. The van der Waals surface area contributed by atoms with Crippen molar-refractivity contribution in [3.05, 3.63) is 29.5 Å². The fourth-order valence-corrected chi connectivity index (χ4v) is 2.54. The maximum absolute atomic E-state index is 12.3. The maximum atomic E-state index is 12.3. The Hall–Kier alpha value is -2.30. The van der Waals surface area contributed by atoms with Crippen molar-refractivity contribution in [3.63, 3.8) is 0 Å². The largest absolute Gasteiger partial charge is 0.504 e. The van der Waals surface area contributed by atoms with Crippen LogP contribution in [0.2, 0.25) is 0 Å². The summed E-state index contributed by atoms with van der Waals surface area (Å²) in [5, 5.41) is 18.8. The SMILES string of the molecule is O=C1/C(=C\c2ccc(O)c(O)c2)N=C2CCCCCN12. The van der Waals surface area contributed by atoms with Crippen LogP contribution in [0.15, 0.2) is 28.9 Å². The zero-order valence-electron chi connectivity index (χ0n) is 11.0. The lowest BCUT2D eigenvalue weighted by atomic mass is 10.1. The van der Waals surface area contributed by atoms with Gasteiger partial charge >= 0.3 is 0 Å². The molecule has 1 aromatic carbocycles. The maximum Gasteiger partial charge on any atom is 0.277 e. The van der Waals surface area contributed by atoms with Crippen LogP contribution in [0.25, 0.3) is 6.08 Å². The molecule has 2 N–H and O–H groups in total. The third-order valence-corrected chi connectivity index (χ3v) is 3.61. The van der Waals surface area contributed by atoms with E-state index in [0.717, 1.165) is 38.1 Å². The Kier molecular flexibility index (Phi) is 3.18. The van der Waals surface area contributed by atoms with Crippen molar-refractivity contribution in [2.75, 3.05) is 6.54 Å². The van der Waals surface area contributed by atoms with Gasteiger partial charge in [-0.25, -0.2) is 4.99 Å². The van der Waals surface area contributed by atoms with Gasteiger partial charge in [-0.15, -0.1) is 0 Å². The molecule has 0 atom stereocenters. The third-order valence-electron chi connectivity index (χ3n) is 3.61. The van der Waals surface area contributed by atoms with Crippen molar-refractivity contribution < 1.29 is 15.0 Å². The molecule has 3 rings (SSSR count). The summed E-state index contributed by atoms with van der Waals surface area (Å²) in [6, 6.07) is 4.45. The van der Waals surface area contributed by atoms with Crippen LogP contribution in [-0.4, -0.2) is 33.4 Å². The highest BCUT2D eigenvalue weighted by Gasteiger charge is 2.30. The van der Waals surface area contributed by atoms with Gasteiger partial charge in [0.25, 0.3) is 5.91 Å². The number of carbonyl (C=O) groups excluding carboxylic acids is 1. The molecule has 0 bridgehead atoms. The quantitative estimate of drug-likeness (QED) is 0.608. The number of phenols is 2. The number of aromatic hydroxyl groups is 2. The first-order valence-corrected chi connectivity index (χ1v) is 6.78. The van der Waals surface area contributed by atoms with Gasteiger partial charge in [-0.05, 0) is 36.6 Å². The fourth-order valence-electron chi connectivity index (χ4n) is 2.54. The number of hydrogen-bond donors (Lipinski definition) is 2. The molecule has 0 saturated carbocycles. The summed E-state index contributed by atoms with van der Waals surface area (Å²) in [5.74, 6) is 0.397. The highest BCUT2D eigenvalue weighted by molar-refractivity contribution is 6.14. The molecule has 2 aliphatic heterocycles. The van der Waals surface area contributed by atoms with E-state index in [1.807, 2.05) is 0 Å². The molecule has 1 fully saturated rings. The first kappa shape index (κ1) is 12.7. The van der Waals surface area contributed by atoms with E-state index in [0.29, 0.717) is 11.3 Å². The molecule has 2 heterocycles. The first-order valence-electron chi connectivity index (χ1n) is 6.78. The molecule has 2 aliphatic rings. The summed E-state index contributed by atoms with van der Waals surface area (Å²) in [4.78, 5) is 18.4. The highest BCUT2D eigenvalue weighted by atomic mass is 16.3. The Labute approximate surface area is 116 Å². The normalized spacial score (nSPS) is 20.8. The van der Waals surface area contributed by atoms with Gasteiger partial charge in [0.15, 0.2) is 11.5 Å². The summed E-state index contributed by atoms with van der Waals surface area (Å²) < 4.78 is 0. The number of amides is 1. The second-order valence-corrected chi connectivity index (χ2v) is 5.07. The van der Waals surface area contributed by atoms with Crippen LogP contribution in [0.3, 0.4) is 0 Å². The number of benzene rings is 1. The minimum atomic E-state index is -0.202. The van der Waals surface area contributed by atoms with Crippen LogP contribution in [0.4, 0.5) is 0 Å². The average Bonchev–Trinajstić information content (AvgIpc) is 2.62. The van der Waals surface area contributed by atoms with E-state index in [1.165, 1.54) is 12.1 Å². The van der Waals surface area contributed by atoms with Gasteiger partial charge < -0.3 is 10.2 Å². The first-order chi connectivity index (χ1) is 9.65. The van der Waals surface area contributed by atoms with Crippen LogP contribution in [0.5, 0.6) is 11.5 Å². The lowest BCUT2D eigenvalue weighted by Gasteiger charge is -2.14. The number of amidine groups is 1. The van der Waals surface area contributed by atoms with Crippen molar-refractivity contribution in [3.8, 4) is 11.5 Å². The highest BCUT2D eigenvalue weighted by Crippen LogP contribution is 2.28. The Morgan fingerprint density at radius 2 is 2.00 bits per heavy atom. The van der Waals surface area contributed by atoms with Crippen molar-refractivity contribution in [2.24, 2.45) is 4.99 Å². The number of nitrogens with zero attached hydrogens (tertiary/aromatic N) is 2. The molecule has 5 heteroatoms. The number of hydrogen-bond acceptors (Lipinski definition) is 4. The molecule has 0 unspecified atom stereocenters. The van der Waals surface area contributed by atoms with E-state index in [1.54, 1.807) is 17.0 Å². The van der Waals surface area contributed by atoms with E-state index < -0.39 is 0 Å². The van der Waals surface area contributed by atoms with Crippen molar-refractivity contribution in [1.82, 2.24) is 4.90 Å². The van der Waals surface area contributed by atoms with E-state index in [4.69, 9.17) is 0 Å². The fraction of sp³-hybridized carbons (Fsp3) is 0.333. The number of fused-ring (bicyclic) bond motifs is 1. The molecule has 104 valence electrons. The molecule has 20 heavy (non-hydrogen) atoms. The van der Waals surface area contributed by atoms with Gasteiger partial charge in [-0.3, -0.25) is 9.69 Å². The standard InChI is InChI=1S/C15H16N2O3/c18-12-6-5-10(9-13(12)19)8-11-15(20)17-7-3-1-2-4-14(17)16-11/h5-6,8-9,18-19H,1-4,7H2/b11-8+. The van der Waals surface area contributed by atoms with E-state index >= 15 is 0 Å². The molecule has 1 aromatic rings. The molecular formula is C15H16N2O3. The van der Waals surface area contributed by atoms with Crippen LogP contribution in [0, 0.1) is 0 Å². The second kappa shape index (κ2) is 5.00. The lowest BCUT2D eigenvalue weighted by Crippen LogP contribution is -2.31. The van der Waals surface area contributed by atoms with Gasteiger partial charge in [-0.2, -0.15) is 0 Å². The van der Waals surface area contributed by atoms with Gasteiger partial charge in [0.1, 0.15) is 11.5 Å². The summed E-state index contributed by atoms with van der Waals surface area (Å²) in [7, 11) is 0. The smallest absolute Gasteiger partial charge is 0.277 e. The minimum absolute atomic E-state index is 0.0746. The van der Waals surface area contributed by atoms with Gasteiger partial charge in [0, 0.05) is 13.0 Å². The van der Waals surface area contributed by atoms with Crippen LogP contribution in [-0.2, 0) is 4.79 Å². The molecule has 0 aromatic heterocycles. The Balaban J connectivity index is 1.92. The van der Waals surface area contributed by atoms with Gasteiger partial charge in [-0.1, -0.05) is 12.5 Å². The van der Waals surface area contributed by atoms with Crippen molar-refractivity contribution in [1.29, 1.82) is 0 Å². The monoisotopic (exact) mass is 272 g/mol. The van der Waals surface area contributed by atoms with Crippen LogP contribution in [0.1, 0.15) is 31.2 Å². The predicted molar refractivity (Wildman–Crippen MR) is 75.4 cm³/mol. The molecule has 5 nitrogen and oxygen atoms in total. The zero-order valence-corrected chi connectivity index (χ0v) is 11.0. The number of carbonyl (C=O) groups is 1. The van der Waals surface area contributed by atoms with Crippen molar-refractivity contribution >= 4 is 17.8 Å². The molecule has 1 amide bonds. The van der Waals surface area contributed by atoms with E-state index in [9.17, 15) is 15.0 Å². The number of rotatable bonds is 1. The lowest BCUT2D eigenvalue weighted by molar-refractivity contribution is -0.122. The predicted octanol–water partition coefficient (Wildman–Crippen LogP) is 2.25. The summed E-state index contributed by atoms with van der Waals surface area (Å²) in [5.41, 5.74) is 1.04. The van der Waals surface area contributed by atoms with E-state index in [2.05, 4.69) is 4.99 Å². The average molecular weight is 272 g/mol. The Bertz CT molecular complexity index is 620. The van der Waals surface area contributed by atoms with Gasteiger partial charge in [0.05, 0.1) is 0 Å². The summed E-state index contributed by atoms with van der Waals surface area (Å²) in [6.07, 6.45) is 5.69. The van der Waals surface area contributed by atoms with Crippen LogP contribution < -0.4 is 0 Å². The molecule has 1 saturated heterocycles. The number of aliphatic imine (C=N–C) groups is 1. The Morgan fingerprint density at radius 3 is 2.80 bits per heavy atom. The molecular weight excluding hydrogens is 256 g/mol. The number of phenolic OH excluding ortho intramolecular Hbond substituents is 2. The van der Waals surface area contributed by atoms with Crippen molar-refractivity contribution in [2.45, 2.75) is 25.7 Å². The third kappa shape index (κ3) is 2.27. The topological polar surface area (TPSA) is 73.1 Å². The van der Waals surface area contributed by atoms with Gasteiger partial charge in [0.2, 0.25) is 0 Å². The summed E-state index contributed by atoms with van der Waals surface area (Å²) >= 11 is 0. The Morgan fingerprint density at radius 1 is 1.15 bits per heavy atom. The zero-order chi connectivity index (χ0) is 14.1. The second-order valence-electron chi connectivity index (χ2n) is 5.07. The van der Waals surface area contributed by atoms with E-state index in [-0.39, 0.29) is 17.4 Å². The van der Waals surface area contributed by atoms with Crippen LogP contribution >= 0.6 is 0 Å². The molecule has 0 spiro atoms. The molecule has 0 aliphatic carbocycles.